The third-order valence-corrected chi connectivity index (χ3v) is 4.07. The van der Waals surface area contributed by atoms with E-state index in [9.17, 15) is 0 Å². The monoisotopic (exact) mass is 314 g/mol. The highest BCUT2D eigenvalue weighted by Crippen LogP contribution is 2.18. The maximum Gasteiger partial charge on any atom is 0.239 e. The van der Waals surface area contributed by atoms with Crippen LogP contribution in [0.4, 0.5) is 0 Å². The zero-order valence-corrected chi connectivity index (χ0v) is 14.6. The number of benzene rings is 2. The average Bonchev–Trinajstić information content (AvgIpc) is 3.05. The van der Waals surface area contributed by atoms with Crippen molar-refractivity contribution < 1.29 is 0 Å². The molecule has 0 bridgehead atoms. The summed E-state index contributed by atoms with van der Waals surface area (Å²) >= 11 is 0. The van der Waals surface area contributed by atoms with Crippen molar-refractivity contribution in [3.63, 3.8) is 0 Å². The Balaban J connectivity index is 2.01. The fraction of sp³-hybridized carbons (Fsp3) is 0.190. The topological polar surface area (TPSA) is 17.8 Å². The van der Waals surface area contributed by atoms with Gasteiger partial charge < -0.3 is 4.57 Å². The van der Waals surface area contributed by atoms with E-state index in [0.29, 0.717) is 0 Å². The van der Waals surface area contributed by atoms with Gasteiger partial charge in [-0.3, -0.25) is 4.98 Å². The van der Waals surface area contributed by atoms with E-state index >= 15 is 0 Å². The second kappa shape index (κ2) is 6.92. The number of nitrogens with zero attached hydrogens (tertiary/aromatic N) is 2. The molecule has 2 nitrogen and oxygen atoms in total. The summed E-state index contributed by atoms with van der Waals surface area (Å²) in [4.78, 5) is 4.61. The van der Waals surface area contributed by atoms with Crippen LogP contribution in [-0.2, 0) is 5.54 Å². The van der Waals surface area contributed by atoms with E-state index in [1.54, 1.807) is 0 Å². The van der Waals surface area contributed by atoms with Gasteiger partial charge in [-0.05, 0) is 31.9 Å². The first kappa shape index (κ1) is 16.3. The Morgan fingerprint density at radius 2 is 1.58 bits per heavy atom. The minimum atomic E-state index is 0.0282. The molecule has 0 amide bonds. The van der Waals surface area contributed by atoms with Gasteiger partial charge in [0.2, 0.25) is 7.28 Å². The van der Waals surface area contributed by atoms with Gasteiger partial charge >= 0.3 is 0 Å². The lowest BCUT2D eigenvalue weighted by Gasteiger charge is -2.24. The van der Waals surface area contributed by atoms with E-state index in [2.05, 4.69) is 97.2 Å². The highest BCUT2D eigenvalue weighted by molar-refractivity contribution is 6.73. The van der Waals surface area contributed by atoms with Gasteiger partial charge in [0.05, 0.1) is 5.72 Å². The van der Waals surface area contributed by atoms with Crippen LogP contribution in [-0.4, -0.2) is 16.8 Å². The van der Waals surface area contributed by atoms with Gasteiger partial charge in [-0.25, -0.2) is 0 Å². The van der Waals surface area contributed by atoms with E-state index in [-0.39, 0.29) is 5.54 Å². The van der Waals surface area contributed by atoms with Crippen LogP contribution < -0.4 is 5.72 Å². The minimum Gasteiger partial charge on any atom is -0.338 e. The Morgan fingerprint density at radius 1 is 0.958 bits per heavy atom. The Kier molecular flexibility index (Phi) is 4.70. The molecule has 120 valence electrons. The number of hydrogen-bond acceptors (Lipinski definition) is 1. The van der Waals surface area contributed by atoms with Gasteiger partial charge in [0.1, 0.15) is 0 Å². The summed E-state index contributed by atoms with van der Waals surface area (Å²) in [5.41, 5.74) is 4.85. The smallest absolute Gasteiger partial charge is 0.239 e. The third-order valence-electron chi connectivity index (χ3n) is 4.07. The van der Waals surface area contributed by atoms with Crippen LogP contribution in [0.25, 0.3) is 11.5 Å². The van der Waals surface area contributed by atoms with Gasteiger partial charge in [-0.15, -0.1) is 0 Å². The molecule has 3 rings (SSSR count). The van der Waals surface area contributed by atoms with E-state index in [0.717, 1.165) is 13.0 Å². The zero-order chi connectivity index (χ0) is 17.0. The van der Waals surface area contributed by atoms with E-state index < -0.39 is 0 Å². The first-order valence-corrected chi connectivity index (χ1v) is 8.38. The summed E-state index contributed by atoms with van der Waals surface area (Å²) < 4.78 is 2.26. The van der Waals surface area contributed by atoms with Crippen LogP contribution in [0.15, 0.2) is 73.1 Å². The zero-order valence-electron chi connectivity index (χ0n) is 14.6. The number of imidazole rings is 1. The van der Waals surface area contributed by atoms with Crippen molar-refractivity contribution in [2.45, 2.75) is 26.3 Å². The van der Waals surface area contributed by atoms with Crippen LogP contribution >= 0.6 is 0 Å². The van der Waals surface area contributed by atoms with Crippen molar-refractivity contribution in [1.82, 2.24) is 9.55 Å². The highest BCUT2D eigenvalue weighted by Gasteiger charge is 2.18. The summed E-state index contributed by atoms with van der Waals surface area (Å²) in [6.45, 7) is 6.63. The van der Waals surface area contributed by atoms with Gasteiger partial charge in [0.25, 0.3) is 0 Å². The molecule has 0 spiro atoms. The van der Waals surface area contributed by atoms with Gasteiger partial charge in [-0.2, -0.15) is 0 Å². The lowest BCUT2D eigenvalue weighted by molar-refractivity contribution is 0.406. The second-order valence-corrected chi connectivity index (χ2v) is 7.01. The van der Waals surface area contributed by atoms with Crippen LogP contribution in [0, 0.1) is 0 Å². The SMILES string of the molecule is CC(C)(C)n1ccnc1BC(=Cc1ccccc1)c1ccccc1. The Bertz CT molecular complexity index is 812. The van der Waals surface area contributed by atoms with Crippen molar-refractivity contribution in [3.8, 4) is 0 Å². The average molecular weight is 314 g/mol. The predicted octanol–water partition coefficient (Wildman–Crippen LogP) is 3.90. The minimum absolute atomic E-state index is 0.0282. The molecular formula is C21H23BN2. The first-order valence-electron chi connectivity index (χ1n) is 8.38. The molecule has 0 saturated carbocycles. The number of rotatable bonds is 4. The Labute approximate surface area is 145 Å². The van der Waals surface area contributed by atoms with Crippen molar-refractivity contribution >= 4 is 24.6 Å². The van der Waals surface area contributed by atoms with Gasteiger partial charge in [0, 0.05) is 17.9 Å². The van der Waals surface area contributed by atoms with E-state index in [4.69, 9.17) is 0 Å². The molecule has 1 heterocycles. The maximum atomic E-state index is 4.61. The molecule has 0 aliphatic carbocycles. The van der Waals surface area contributed by atoms with Crippen molar-refractivity contribution in [2.75, 3.05) is 0 Å². The highest BCUT2D eigenvalue weighted by atomic mass is 15.1. The molecule has 0 aliphatic heterocycles. The molecule has 0 radical (unpaired) electrons. The maximum absolute atomic E-state index is 4.61. The molecule has 1 aromatic heterocycles. The standard InChI is InChI=1S/C21H23BN2/c1-21(2,3)24-15-14-23-20(24)22-19(18-12-8-5-9-13-18)16-17-10-6-4-7-11-17/h4-16,22H,1-3H3. The van der Waals surface area contributed by atoms with Crippen molar-refractivity contribution in [1.29, 1.82) is 0 Å². The van der Waals surface area contributed by atoms with Crippen LogP contribution in [0.5, 0.6) is 0 Å². The number of aromatic nitrogens is 2. The summed E-state index contributed by atoms with van der Waals surface area (Å²) in [6.07, 6.45) is 6.23. The normalized spacial score (nSPS) is 12.2. The molecular weight excluding hydrogens is 291 g/mol. The fourth-order valence-electron chi connectivity index (χ4n) is 2.89. The Hall–Kier alpha value is -2.55. The van der Waals surface area contributed by atoms with Crippen LogP contribution in [0.2, 0.25) is 0 Å². The lowest BCUT2D eigenvalue weighted by Crippen LogP contribution is -2.36. The summed E-state index contributed by atoms with van der Waals surface area (Å²) in [7, 11) is 0.809. The molecule has 3 heteroatoms. The Morgan fingerprint density at radius 3 is 2.21 bits per heavy atom. The van der Waals surface area contributed by atoms with E-state index in [1.165, 1.54) is 16.6 Å². The van der Waals surface area contributed by atoms with E-state index in [1.807, 2.05) is 12.3 Å². The molecule has 3 aromatic rings. The van der Waals surface area contributed by atoms with Crippen molar-refractivity contribution in [3.05, 3.63) is 84.2 Å². The molecule has 0 saturated heterocycles. The first-order chi connectivity index (χ1) is 11.5. The largest absolute Gasteiger partial charge is 0.338 e. The quantitative estimate of drug-likeness (QED) is 0.527. The predicted molar refractivity (Wildman–Crippen MR) is 105 cm³/mol. The molecule has 0 unspecified atom stereocenters. The molecule has 0 atom stereocenters. The second-order valence-electron chi connectivity index (χ2n) is 7.01. The summed E-state index contributed by atoms with van der Waals surface area (Å²) in [5, 5.41) is 0. The van der Waals surface area contributed by atoms with Gasteiger partial charge in [-0.1, -0.05) is 72.2 Å². The van der Waals surface area contributed by atoms with Crippen LogP contribution in [0.1, 0.15) is 31.9 Å². The molecule has 24 heavy (non-hydrogen) atoms. The molecule has 0 N–H and O–H groups in total. The third kappa shape index (κ3) is 3.86. The van der Waals surface area contributed by atoms with Gasteiger partial charge in [0.15, 0.2) is 0 Å². The molecule has 0 aliphatic rings. The lowest BCUT2D eigenvalue weighted by atomic mass is 9.65. The molecule has 0 fully saturated rings. The van der Waals surface area contributed by atoms with Crippen molar-refractivity contribution in [2.24, 2.45) is 0 Å². The van der Waals surface area contributed by atoms with Crippen LogP contribution in [0.3, 0.4) is 0 Å². The fourth-order valence-corrected chi connectivity index (χ4v) is 2.89. The molecule has 2 aromatic carbocycles. The summed E-state index contributed by atoms with van der Waals surface area (Å²) in [5.74, 6) is 0. The summed E-state index contributed by atoms with van der Waals surface area (Å²) in [6, 6.07) is 21.0. The number of hydrogen-bond donors (Lipinski definition) is 0.